The number of nitrogens with zero attached hydrogens (tertiary/aromatic N) is 3. The molecule has 4 rings (SSSR count). The Morgan fingerprint density at radius 2 is 1.89 bits per heavy atom. The Bertz CT molecular complexity index is 928. The van der Waals surface area contributed by atoms with Crippen molar-refractivity contribution in [1.29, 1.82) is 0 Å². The number of aliphatic carboxylic acids is 1. The Morgan fingerprint density at radius 3 is 2.59 bits per heavy atom. The van der Waals surface area contributed by atoms with Gasteiger partial charge in [-0.1, -0.05) is 24.3 Å². The number of rotatable bonds is 2. The summed E-state index contributed by atoms with van der Waals surface area (Å²) in [4.78, 5) is 44.4. The largest absolute Gasteiger partial charge is 0.481 e. The third-order valence-electron chi connectivity index (χ3n) is 6.16. The zero-order valence-electron chi connectivity index (χ0n) is 15.1. The van der Waals surface area contributed by atoms with E-state index < -0.39 is 17.4 Å². The molecule has 0 bridgehead atoms. The number of fused-ring (bicyclic) bond motifs is 1. The molecule has 1 atom stereocenters. The highest BCUT2D eigenvalue weighted by Crippen LogP contribution is 2.43. The van der Waals surface area contributed by atoms with Gasteiger partial charge in [0.25, 0.3) is 5.91 Å². The molecule has 7 nitrogen and oxygen atoms in total. The van der Waals surface area contributed by atoms with Crippen LogP contribution in [0.2, 0.25) is 0 Å². The van der Waals surface area contributed by atoms with Gasteiger partial charge in [-0.05, 0) is 24.3 Å². The molecule has 2 aliphatic heterocycles. The summed E-state index contributed by atoms with van der Waals surface area (Å²) in [5.41, 5.74) is -0.291. The van der Waals surface area contributed by atoms with Crippen molar-refractivity contribution in [3.63, 3.8) is 0 Å². The van der Waals surface area contributed by atoms with E-state index in [1.807, 2.05) is 30.3 Å². The van der Waals surface area contributed by atoms with Gasteiger partial charge >= 0.3 is 5.97 Å². The number of benzene rings is 1. The maximum Gasteiger partial charge on any atom is 0.309 e. The number of aromatic nitrogens is 1. The van der Waals surface area contributed by atoms with E-state index in [0.29, 0.717) is 31.6 Å². The minimum atomic E-state index is -0.941. The lowest BCUT2D eigenvalue weighted by Crippen LogP contribution is -2.57. The van der Waals surface area contributed by atoms with E-state index >= 15 is 0 Å². The first kappa shape index (κ1) is 17.5. The number of carboxylic acids is 1. The smallest absolute Gasteiger partial charge is 0.309 e. The monoisotopic (exact) mass is 367 g/mol. The summed E-state index contributed by atoms with van der Waals surface area (Å²) in [5.74, 6) is -1.95. The van der Waals surface area contributed by atoms with Gasteiger partial charge in [0.2, 0.25) is 5.91 Å². The Morgan fingerprint density at radius 1 is 1.19 bits per heavy atom. The summed E-state index contributed by atoms with van der Waals surface area (Å²) in [7, 11) is 1.68. The van der Waals surface area contributed by atoms with Crippen LogP contribution < -0.4 is 0 Å². The fourth-order valence-corrected chi connectivity index (χ4v) is 4.52. The Kier molecular flexibility index (Phi) is 4.09. The van der Waals surface area contributed by atoms with Crippen LogP contribution in [-0.4, -0.2) is 63.4 Å². The lowest BCUT2D eigenvalue weighted by Gasteiger charge is -2.45. The number of carbonyl (C=O) groups is 3. The number of piperidine rings is 1. The molecule has 140 valence electrons. The molecule has 0 unspecified atom stereocenters. The molecule has 2 fully saturated rings. The highest BCUT2D eigenvalue weighted by molar-refractivity contribution is 6.05. The number of pyridine rings is 1. The Balaban J connectivity index is 1.58. The summed E-state index contributed by atoms with van der Waals surface area (Å²) in [6.45, 7) is 0.816. The van der Waals surface area contributed by atoms with Gasteiger partial charge < -0.3 is 14.9 Å². The number of carbonyl (C=O) groups excluding carboxylic acids is 2. The van der Waals surface area contributed by atoms with Crippen LogP contribution in [0.25, 0.3) is 10.8 Å². The van der Waals surface area contributed by atoms with Gasteiger partial charge in [-0.15, -0.1) is 0 Å². The Labute approximate surface area is 156 Å². The molecule has 27 heavy (non-hydrogen) atoms. The average Bonchev–Trinajstić information content (AvgIpc) is 2.93. The van der Waals surface area contributed by atoms with E-state index in [-0.39, 0.29) is 18.2 Å². The number of hydrogen-bond acceptors (Lipinski definition) is 4. The molecule has 2 amide bonds. The number of likely N-dealkylation sites (tertiary alicyclic amines) is 2. The number of hydrogen-bond donors (Lipinski definition) is 1. The third-order valence-corrected chi connectivity index (χ3v) is 6.16. The molecule has 2 saturated heterocycles. The standard InChI is InChI=1S/C20H21N3O4/c1-22-16(24)12-15(19(26)27)20(22)7-10-23(11-8-20)18(25)17-14-5-3-2-4-13(14)6-9-21-17/h2-6,9,15H,7-8,10-12H2,1H3,(H,26,27)/t15-/m1/s1. The van der Waals surface area contributed by atoms with Crippen molar-refractivity contribution >= 4 is 28.6 Å². The van der Waals surface area contributed by atoms with Gasteiger partial charge in [0.1, 0.15) is 5.69 Å². The van der Waals surface area contributed by atoms with Crippen molar-refractivity contribution < 1.29 is 19.5 Å². The molecular weight excluding hydrogens is 346 g/mol. The third kappa shape index (κ3) is 2.65. The lowest BCUT2D eigenvalue weighted by molar-refractivity contribution is -0.145. The zero-order valence-corrected chi connectivity index (χ0v) is 15.1. The van der Waals surface area contributed by atoms with Crippen molar-refractivity contribution in [3.8, 4) is 0 Å². The van der Waals surface area contributed by atoms with E-state index in [2.05, 4.69) is 4.98 Å². The van der Waals surface area contributed by atoms with Crippen LogP contribution in [0, 0.1) is 5.92 Å². The van der Waals surface area contributed by atoms with Crippen molar-refractivity contribution in [2.75, 3.05) is 20.1 Å². The van der Waals surface area contributed by atoms with Crippen LogP contribution >= 0.6 is 0 Å². The fraction of sp³-hybridized carbons (Fsp3) is 0.400. The van der Waals surface area contributed by atoms with Crippen molar-refractivity contribution in [2.24, 2.45) is 5.92 Å². The Hall–Kier alpha value is -2.96. The second kappa shape index (κ2) is 6.33. The molecule has 1 spiro atoms. The molecule has 2 aliphatic rings. The number of carboxylic acid groups (broad SMARTS) is 1. The van der Waals surface area contributed by atoms with Crippen LogP contribution in [0.4, 0.5) is 0 Å². The summed E-state index contributed by atoms with van der Waals surface area (Å²) in [5, 5.41) is 11.3. The molecule has 0 saturated carbocycles. The molecule has 1 aromatic carbocycles. The fourth-order valence-electron chi connectivity index (χ4n) is 4.52. The van der Waals surface area contributed by atoms with E-state index in [1.54, 1.807) is 23.0 Å². The molecule has 2 aromatic rings. The highest BCUT2D eigenvalue weighted by atomic mass is 16.4. The first-order valence-corrected chi connectivity index (χ1v) is 9.06. The van der Waals surface area contributed by atoms with Crippen LogP contribution in [0.15, 0.2) is 36.5 Å². The van der Waals surface area contributed by atoms with Gasteiger partial charge in [0.05, 0.1) is 11.5 Å². The topological polar surface area (TPSA) is 90.8 Å². The molecule has 0 radical (unpaired) electrons. The summed E-state index contributed by atoms with van der Waals surface area (Å²) < 4.78 is 0. The van der Waals surface area contributed by atoms with Crippen molar-refractivity contribution in [1.82, 2.24) is 14.8 Å². The highest BCUT2D eigenvalue weighted by Gasteiger charge is 2.55. The average molecular weight is 367 g/mol. The maximum atomic E-state index is 13.0. The first-order chi connectivity index (χ1) is 12.9. The maximum absolute atomic E-state index is 13.0. The van der Waals surface area contributed by atoms with Gasteiger partial charge in [0.15, 0.2) is 0 Å². The molecule has 3 heterocycles. The summed E-state index contributed by atoms with van der Waals surface area (Å²) >= 11 is 0. The molecule has 1 N–H and O–H groups in total. The first-order valence-electron chi connectivity index (χ1n) is 9.06. The SMILES string of the molecule is CN1C(=O)C[C@H](C(=O)O)C12CCN(C(=O)c1nccc3ccccc13)CC2. The predicted octanol–water partition coefficient (Wildman–Crippen LogP) is 1.77. The van der Waals surface area contributed by atoms with E-state index in [4.69, 9.17) is 0 Å². The van der Waals surface area contributed by atoms with E-state index in [9.17, 15) is 19.5 Å². The van der Waals surface area contributed by atoms with Crippen molar-refractivity contribution in [2.45, 2.75) is 24.8 Å². The van der Waals surface area contributed by atoms with E-state index in [1.165, 1.54) is 0 Å². The van der Waals surface area contributed by atoms with Crippen LogP contribution in [0.1, 0.15) is 29.8 Å². The summed E-state index contributed by atoms with van der Waals surface area (Å²) in [6.07, 6.45) is 2.58. The normalized spacial score (nSPS) is 21.8. The van der Waals surface area contributed by atoms with Crippen LogP contribution in [0.3, 0.4) is 0 Å². The lowest BCUT2D eigenvalue weighted by atomic mass is 9.77. The zero-order chi connectivity index (χ0) is 19.2. The minimum absolute atomic E-state index is 0.0324. The van der Waals surface area contributed by atoms with Gasteiger partial charge in [-0.2, -0.15) is 0 Å². The quantitative estimate of drug-likeness (QED) is 0.874. The summed E-state index contributed by atoms with van der Waals surface area (Å²) in [6, 6.07) is 9.48. The van der Waals surface area contributed by atoms with Gasteiger partial charge in [0, 0.05) is 38.1 Å². The second-order valence-corrected chi connectivity index (χ2v) is 7.32. The second-order valence-electron chi connectivity index (χ2n) is 7.32. The van der Waals surface area contributed by atoms with Crippen LogP contribution in [-0.2, 0) is 9.59 Å². The van der Waals surface area contributed by atoms with Crippen molar-refractivity contribution in [3.05, 3.63) is 42.2 Å². The van der Waals surface area contributed by atoms with E-state index in [0.717, 1.165) is 10.8 Å². The molecule has 0 aliphatic carbocycles. The number of amides is 2. The van der Waals surface area contributed by atoms with Gasteiger partial charge in [-0.3, -0.25) is 19.4 Å². The molecule has 7 heteroatoms. The minimum Gasteiger partial charge on any atom is -0.481 e. The predicted molar refractivity (Wildman–Crippen MR) is 98.1 cm³/mol. The molecular formula is C20H21N3O4. The van der Waals surface area contributed by atoms with Gasteiger partial charge in [-0.25, -0.2) is 0 Å². The van der Waals surface area contributed by atoms with Crippen LogP contribution in [0.5, 0.6) is 0 Å². The molecule has 1 aromatic heterocycles.